The normalized spacial score (nSPS) is 16.9. The van der Waals surface area contributed by atoms with Gasteiger partial charge in [0.2, 0.25) is 0 Å². The molecule has 1 aromatic heterocycles. The predicted octanol–water partition coefficient (Wildman–Crippen LogP) is 6.34. The van der Waals surface area contributed by atoms with Crippen LogP contribution in [0.25, 0.3) is 10.9 Å². The van der Waals surface area contributed by atoms with Gasteiger partial charge in [0.15, 0.2) is 0 Å². The molecule has 1 aliphatic rings. The molecular weight excluding hydrogens is 551 g/mol. The molecule has 0 saturated carbocycles. The standard InChI is InChI=1S/C31H38F3N3O5/c1-20-17-26(40-5)24(23-11-13-37(27(20)23)29(39)42-30(2,3)4)18-36-16-15-35(14-12-31(32,33)34)19-25(36)21-7-9-22(10-8-21)28(38)41-6/h7-11,13,17,25H,12,14-16,18-19H2,1-6H3/t25-/m0/s1. The molecule has 0 N–H and O–H groups in total. The Morgan fingerprint density at radius 2 is 1.71 bits per heavy atom. The number of carbonyl (C=O) groups is 2. The molecule has 1 saturated heterocycles. The number of piperazine rings is 1. The molecule has 4 rings (SSSR count). The molecular formula is C31H38F3N3O5. The highest BCUT2D eigenvalue weighted by molar-refractivity contribution is 5.95. The maximum absolute atomic E-state index is 13.0. The second kappa shape index (κ2) is 12.3. The number of halogens is 3. The van der Waals surface area contributed by atoms with E-state index in [1.807, 2.05) is 56.9 Å². The molecule has 1 atom stereocenters. The number of fused-ring (bicyclic) bond motifs is 1. The van der Waals surface area contributed by atoms with Crippen LogP contribution in [0.15, 0.2) is 42.6 Å². The minimum atomic E-state index is -4.24. The van der Waals surface area contributed by atoms with Gasteiger partial charge >= 0.3 is 18.2 Å². The Bertz CT molecular complexity index is 1430. The van der Waals surface area contributed by atoms with Crippen molar-refractivity contribution < 1.29 is 37.0 Å². The van der Waals surface area contributed by atoms with Gasteiger partial charge in [-0.05, 0) is 63.1 Å². The fourth-order valence-electron chi connectivity index (χ4n) is 5.40. The zero-order chi connectivity index (χ0) is 30.8. The van der Waals surface area contributed by atoms with Crippen molar-refractivity contribution in [2.45, 2.75) is 58.5 Å². The van der Waals surface area contributed by atoms with E-state index in [-0.39, 0.29) is 12.6 Å². The predicted molar refractivity (Wildman–Crippen MR) is 153 cm³/mol. The summed E-state index contributed by atoms with van der Waals surface area (Å²) in [5, 5.41) is 0.831. The molecule has 228 valence electrons. The van der Waals surface area contributed by atoms with E-state index in [0.29, 0.717) is 43.0 Å². The highest BCUT2D eigenvalue weighted by Crippen LogP contribution is 2.36. The highest BCUT2D eigenvalue weighted by Gasteiger charge is 2.33. The van der Waals surface area contributed by atoms with Crippen molar-refractivity contribution in [1.29, 1.82) is 0 Å². The number of benzene rings is 2. The zero-order valence-corrected chi connectivity index (χ0v) is 24.9. The van der Waals surface area contributed by atoms with Gasteiger partial charge in [0.25, 0.3) is 0 Å². The maximum atomic E-state index is 13.0. The van der Waals surface area contributed by atoms with Crippen LogP contribution in [0.1, 0.15) is 60.3 Å². The fourth-order valence-corrected chi connectivity index (χ4v) is 5.40. The Morgan fingerprint density at radius 1 is 1.02 bits per heavy atom. The van der Waals surface area contributed by atoms with Crippen molar-refractivity contribution in [2.75, 3.05) is 40.4 Å². The Kier molecular flexibility index (Phi) is 9.22. The molecule has 42 heavy (non-hydrogen) atoms. The number of nitrogens with zero attached hydrogens (tertiary/aromatic N) is 3. The third-order valence-corrected chi connectivity index (χ3v) is 7.40. The molecule has 2 aromatic carbocycles. The monoisotopic (exact) mass is 589 g/mol. The van der Waals surface area contributed by atoms with E-state index in [4.69, 9.17) is 14.2 Å². The van der Waals surface area contributed by atoms with Crippen molar-refractivity contribution in [1.82, 2.24) is 14.4 Å². The van der Waals surface area contributed by atoms with Crippen molar-refractivity contribution in [3.63, 3.8) is 0 Å². The lowest BCUT2D eigenvalue weighted by Gasteiger charge is -2.42. The third kappa shape index (κ3) is 7.25. The van der Waals surface area contributed by atoms with Gasteiger partial charge in [0, 0.05) is 55.9 Å². The van der Waals surface area contributed by atoms with Crippen molar-refractivity contribution in [2.24, 2.45) is 0 Å². The van der Waals surface area contributed by atoms with E-state index in [2.05, 4.69) is 4.90 Å². The van der Waals surface area contributed by atoms with E-state index >= 15 is 0 Å². The minimum absolute atomic E-state index is 0.0923. The molecule has 8 nitrogen and oxygen atoms in total. The molecule has 0 amide bonds. The lowest BCUT2D eigenvalue weighted by molar-refractivity contribution is -0.139. The van der Waals surface area contributed by atoms with Gasteiger partial charge in [-0.3, -0.25) is 14.4 Å². The maximum Gasteiger partial charge on any atom is 0.419 e. The Morgan fingerprint density at radius 3 is 2.31 bits per heavy atom. The number of hydrogen-bond acceptors (Lipinski definition) is 7. The van der Waals surface area contributed by atoms with Gasteiger partial charge in [0.05, 0.1) is 31.7 Å². The lowest BCUT2D eigenvalue weighted by Crippen LogP contribution is -2.48. The molecule has 0 radical (unpaired) electrons. The molecule has 0 bridgehead atoms. The average molecular weight is 590 g/mol. The van der Waals surface area contributed by atoms with E-state index in [1.54, 1.807) is 25.4 Å². The van der Waals surface area contributed by atoms with Crippen molar-refractivity contribution in [3.05, 3.63) is 64.8 Å². The molecule has 0 unspecified atom stereocenters. The van der Waals surface area contributed by atoms with Gasteiger partial charge in [-0.1, -0.05) is 12.1 Å². The summed E-state index contributed by atoms with van der Waals surface area (Å²) < 4.78 is 56.8. The van der Waals surface area contributed by atoms with E-state index in [1.165, 1.54) is 11.7 Å². The second-order valence-corrected chi connectivity index (χ2v) is 11.6. The number of alkyl halides is 3. The first-order valence-electron chi connectivity index (χ1n) is 13.8. The summed E-state index contributed by atoms with van der Waals surface area (Å²) >= 11 is 0. The van der Waals surface area contributed by atoms with Crippen LogP contribution < -0.4 is 4.74 Å². The van der Waals surface area contributed by atoms with Crippen LogP contribution in [-0.2, 0) is 16.0 Å². The lowest BCUT2D eigenvalue weighted by atomic mass is 9.98. The van der Waals surface area contributed by atoms with Crippen LogP contribution in [0.2, 0.25) is 0 Å². The summed E-state index contributed by atoms with van der Waals surface area (Å²) in [6.07, 6.45) is -3.92. The largest absolute Gasteiger partial charge is 0.496 e. The smallest absolute Gasteiger partial charge is 0.419 e. The summed E-state index contributed by atoms with van der Waals surface area (Å²) in [6, 6.07) is 10.5. The summed E-state index contributed by atoms with van der Waals surface area (Å²) in [7, 11) is 2.90. The van der Waals surface area contributed by atoms with Crippen LogP contribution in [-0.4, -0.2) is 78.6 Å². The molecule has 3 aromatic rings. The number of aromatic nitrogens is 1. The molecule has 2 heterocycles. The molecule has 1 aliphatic heterocycles. The topological polar surface area (TPSA) is 73.2 Å². The number of ether oxygens (including phenoxy) is 3. The molecule has 0 aliphatic carbocycles. The van der Waals surface area contributed by atoms with Gasteiger partial charge in [-0.15, -0.1) is 0 Å². The van der Waals surface area contributed by atoms with Crippen LogP contribution >= 0.6 is 0 Å². The summed E-state index contributed by atoms with van der Waals surface area (Å²) in [5.41, 5.74) is 3.01. The second-order valence-electron chi connectivity index (χ2n) is 11.6. The van der Waals surface area contributed by atoms with Crippen molar-refractivity contribution in [3.8, 4) is 5.75 Å². The van der Waals surface area contributed by atoms with Gasteiger partial charge in [-0.25, -0.2) is 9.59 Å². The van der Waals surface area contributed by atoms with Crippen LogP contribution in [0.4, 0.5) is 18.0 Å². The highest BCUT2D eigenvalue weighted by atomic mass is 19.4. The van der Waals surface area contributed by atoms with Gasteiger partial charge in [-0.2, -0.15) is 13.2 Å². The SMILES string of the molecule is COC(=O)c1ccc([C@@H]2CN(CCC(F)(F)F)CCN2Cc2c(OC)cc(C)c3c2ccn3C(=O)OC(C)(C)C)cc1. The number of aryl methyl sites for hydroxylation is 1. The van der Waals surface area contributed by atoms with E-state index < -0.39 is 30.3 Å². The summed E-state index contributed by atoms with van der Waals surface area (Å²) in [4.78, 5) is 29.0. The first kappa shape index (κ1) is 31.4. The zero-order valence-electron chi connectivity index (χ0n) is 24.9. The number of rotatable bonds is 7. The fraction of sp³-hybridized carbons (Fsp3) is 0.484. The van der Waals surface area contributed by atoms with Gasteiger partial charge < -0.3 is 14.2 Å². The van der Waals surface area contributed by atoms with Crippen LogP contribution in [0.3, 0.4) is 0 Å². The first-order valence-corrected chi connectivity index (χ1v) is 13.8. The Labute approximate surface area is 243 Å². The number of hydrogen-bond donors (Lipinski definition) is 0. The summed E-state index contributed by atoms with van der Waals surface area (Å²) in [5.74, 6) is 0.191. The number of carbonyl (C=O) groups excluding carboxylic acids is 2. The molecule has 11 heteroatoms. The number of methoxy groups -OCH3 is 2. The van der Waals surface area contributed by atoms with E-state index in [9.17, 15) is 22.8 Å². The molecule has 1 fully saturated rings. The number of esters is 1. The Balaban J connectivity index is 1.71. The summed E-state index contributed by atoms with van der Waals surface area (Å²) in [6.45, 7) is 9.01. The van der Waals surface area contributed by atoms with Crippen molar-refractivity contribution >= 4 is 23.0 Å². The Hall–Kier alpha value is -3.57. The van der Waals surface area contributed by atoms with Crippen LogP contribution in [0, 0.1) is 6.92 Å². The quantitative estimate of drug-likeness (QED) is 0.298. The van der Waals surface area contributed by atoms with E-state index in [0.717, 1.165) is 22.1 Å². The third-order valence-electron chi connectivity index (χ3n) is 7.40. The molecule has 0 spiro atoms. The average Bonchev–Trinajstić information content (AvgIpc) is 3.38. The van der Waals surface area contributed by atoms with Crippen LogP contribution in [0.5, 0.6) is 5.75 Å². The van der Waals surface area contributed by atoms with Gasteiger partial charge in [0.1, 0.15) is 11.4 Å². The minimum Gasteiger partial charge on any atom is -0.496 e. The first-order chi connectivity index (χ1) is 19.7.